The fourth-order valence-corrected chi connectivity index (χ4v) is 5.17. The summed E-state index contributed by atoms with van der Waals surface area (Å²) < 4.78 is 86.3. The van der Waals surface area contributed by atoms with E-state index in [0.29, 0.717) is 36.9 Å². The van der Waals surface area contributed by atoms with Gasteiger partial charge in [-0.15, -0.1) is 0 Å². The van der Waals surface area contributed by atoms with E-state index in [4.69, 9.17) is 9.47 Å². The average molecular weight is 621 g/mol. The molecule has 1 aliphatic heterocycles. The fourth-order valence-electron chi connectivity index (χ4n) is 5.17. The summed E-state index contributed by atoms with van der Waals surface area (Å²) in [6, 6.07) is 11.6. The van der Waals surface area contributed by atoms with Crippen LogP contribution in [0.2, 0.25) is 0 Å². The molecule has 234 valence electrons. The lowest BCUT2D eigenvalue weighted by Crippen LogP contribution is -2.33. The van der Waals surface area contributed by atoms with Gasteiger partial charge in [0.05, 0.1) is 24.7 Å². The standard InChI is InChI=1S/C30H29F5N4O5/c1-38-23-12-19(28(40)41-2)13-24(44-30(34)35)27(23)37-25(38)15-39-10-8-17(9-11-39)22-4-3-5-26(36-22)42-16-18-6-7-20(14-21(18)31)43-29(32)33/h3-7,12-14,17,29-30H,8-11,15-16H2,1-2H3. The van der Waals surface area contributed by atoms with Crippen molar-refractivity contribution in [2.75, 3.05) is 20.2 Å². The number of carbonyl (C=O) groups excluding carboxylic acids is 1. The second kappa shape index (κ2) is 13.5. The van der Waals surface area contributed by atoms with E-state index in [0.717, 1.165) is 24.6 Å². The molecule has 0 aliphatic carbocycles. The molecule has 0 radical (unpaired) electrons. The first-order chi connectivity index (χ1) is 21.1. The molecule has 4 aromatic rings. The Labute approximate surface area is 249 Å². The predicted molar refractivity (Wildman–Crippen MR) is 148 cm³/mol. The maximum Gasteiger partial charge on any atom is 0.387 e. The van der Waals surface area contributed by atoms with Crippen molar-refractivity contribution in [3.05, 3.63) is 77.0 Å². The molecular formula is C30H29F5N4O5. The van der Waals surface area contributed by atoms with Crippen LogP contribution in [0.5, 0.6) is 17.4 Å². The van der Waals surface area contributed by atoms with Crippen LogP contribution in [0.15, 0.2) is 48.5 Å². The summed E-state index contributed by atoms with van der Waals surface area (Å²) >= 11 is 0. The van der Waals surface area contributed by atoms with Crippen LogP contribution < -0.4 is 14.2 Å². The van der Waals surface area contributed by atoms with E-state index in [-0.39, 0.29) is 40.7 Å². The van der Waals surface area contributed by atoms with Gasteiger partial charge in [-0.1, -0.05) is 6.07 Å². The summed E-state index contributed by atoms with van der Waals surface area (Å²) in [7, 11) is 2.95. The maximum atomic E-state index is 14.3. The zero-order valence-electron chi connectivity index (χ0n) is 23.8. The first-order valence-electron chi connectivity index (χ1n) is 13.7. The highest BCUT2D eigenvalue weighted by molar-refractivity contribution is 5.96. The number of aromatic nitrogens is 3. The summed E-state index contributed by atoms with van der Waals surface area (Å²) in [5.41, 5.74) is 1.77. The maximum absolute atomic E-state index is 14.3. The Morgan fingerprint density at radius 1 is 1.00 bits per heavy atom. The number of nitrogens with zero attached hydrogens (tertiary/aromatic N) is 4. The Balaban J connectivity index is 1.21. The van der Waals surface area contributed by atoms with Gasteiger partial charge in [0.25, 0.3) is 0 Å². The number of fused-ring (bicyclic) bond motifs is 1. The number of carbonyl (C=O) groups is 1. The van der Waals surface area contributed by atoms with Crippen molar-refractivity contribution in [3.63, 3.8) is 0 Å². The first-order valence-corrected chi connectivity index (χ1v) is 13.7. The number of hydrogen-bond donors (Lipinski definition) is 0. The van der Waals surface area contributed by atoms with Gasteiger partial charge in [0.15, 0.2) is 5.75 Å². The lowest BCUT2D eigenvalue weighted by atomic mass is 9.93. The number of ether oxygens (including phenoxy) is 4. The molecular weight excluding hydrogens is 591 g/mol. The number of alkyl halides is 4. The SMILES string of the molecule is COC(=O)c1cc(OC(F)F)c2nc(CN3CCC(c4cccc(OCc5ccc(OC(F)F)cc5F)n4)CC3)n(C)c2c1. The van der Waals surface area contributed by atoms with Crippen LogP contribution >= 0.6 is 0 Å². The van der Waals surface area contributed by atoms with Crippen molar-refractivity contribution in [1.29, 1.82) is 0 Å². The van der Waals surface area contributed by atoms with E-state index in [2.05, 4.69) is 24.3 Å². The molecule has 3 heterocycles. The van der Waals surface area contributed by atoms with Gasteiger partial charge in [-0.2, -0.15) is 17.6 Å². The van der Waals surface area contributed by atoms with E-state index in [1.807, 2.05) is 6.07 Å². The molecule has 9 nitrogen and oxygen atoms in total. The number of pyridine rings is 1. The molecule has 0 unspecified atom stereocenters. The Kier molecular flexibility index (Phi) is 9.47. The minimum absolute atomic E-state index is 0.0761. The monoisotopic (exact) mass is 620 g/mol. The average Bonchev–Trinajstić information content (AvgIpc) is 3.31. The van der Waals surface area contributed by atoms with Gasteiger partial charge >= 0.3 is 19.2 Å². The fraction of sp³-hybridized carbons (Fsp3) is 0.367. The van der Waals surface area contributed by atoms with Crippen LogP contribution in [0.25, 0.3) is 11.0 Å². The minimum Gasteiger partial charge on any atom is -0.473 e. The van der Waals surface area contributed by atoms with Gasteiger partial charge in [-0.25, -0.2) is 19.2 Å². The zero-order valence-corrected chi connectivity index (χ0v) is 23.8. The van der Waals surface area contributed by atoms with Crippen molar-refractivity contribution >= 4 is 17.0 Å². The van der Waals surface area contributed by atoms with E-state index in [1.54, 1.807) is 23.7 Å². The molecule has 1 fully saturated rings. The van der Waals surface area contributed by atoms with Gasteiger partial charge in [0.1, 0.15) is 29.5 Å². The second-order valence-corrected chi connectivity index (χ2v) is 10.2. The Bertz CT molecular complexity index is 1630. The van der Waals surface area contributed by atoms with Gasteiger partial charge in [-0.3, -0.25) is 4.90 Å². The third-order valence-electron chi connectivity index (χ3n) is 7.42. The quantitative estimate of drug-likeness (QED) is 0.148. The van der Waals surface area contributed by atoms with E-state index in [9.17, 15) is 26.7 Å². The highest BCUT2D eigenvalue weighted by Crippen LogP contribution is 2.32. The normalized spacial score (nSPS) is 14.4. The number of aryl methyl sites for hydroxylation is 1. The third kappa shape index (κ3) is 7.18. The topological polar surface area (TPSA) is 87.9 Å². The Morgan fingerprint density at radius 3 is 2.43 bits per heavy atom. The van der Waals surface area contributed by atoms with Crippen LogP contribution in [-0.4, -0.2) is 58.8 Å². The van der Waals surface area contributed by atoms with Gasteiger partial charge in [0, 0.05) is 36.4 Å². The smallest absolute Gasteiger partial charge is 0.387 e. The second-order valence-electron chi connectivity index (χ2n) is 10.2. The summed E-state index contributed by atoms with van der Waals surface area (Å²) in [5, 5.41) is 0. The van der Waals surface area contributed by atoms with Crippen molar-refractivity contribution in [2.45, 2.75) is 45.1 Å². The molecule has 0 spiro atoms. The molecule has 0 saturated carbocycles. The number of halogens is 5. The number of benzene rings is 2. The molecule has 5 rings (SSSR count). The van der Waals surface area contributed by atoms with Crippen molar-refractivity contribution < 1.29 is 45.7 Å². The molecule has 1 aliphatic rings. The van der Waals surface area contributed by atoms with Crippen LogP contribution in [0.3, 0.4) is 0 Å². The highest BCUT2D eigenvalue weighted by Gasteiger charge is 2.25. The largest absolute Gasteiger partial charge is 0.473 e. The van der Waals surface area contributed by atoms with Gasteiger partial charge in [0.2, 0.25) is 5.88 Å². The summed E-state index contributed by atoms with van der Waals surface area (Å²) in [4.78, 5) is 23.4. The van der Waals surface area contributed by atoms with Crippen LogP contribution in [0, 0.1) is 5.82 Å². The molecule has 0 N–H and O–H groups in total. The van der Waals surface area contributed by atoms with E-state index in [1.165, 1.54) is 31.4 Å². The van der Waals surface area contributed by atoms with Gasteiger partial charge < -0.3 is 23.5 Å². The number of piperidine rings is 1. The minimum atomic E-state index is -3.09. The summed E-state index contributed by atoms with van der Waals surface area (Å²) in [6.07, 6.45) is 1.57. The van der Waals surface area contributed by atoms with Gasteiger partial charge in [-0.05, 0) is 56.3 Å². The third-order valence-corrected chi connectivity index (χ3v) is 7.42. The molecule has 44 heavy (non-hydrogen) atoms. The number of esters is 1. The zero-order chi connectivity index (χ0) is 31.4. The van der Waals surface area contributed by atoms with Crippen molar-refractivity contribution in [1.82, 2.24) is 19.4 Å². The lowest BCUT2D eigenvalue weighted by Gasteiger charge is -2.31. The van der Waals surface area contributed by atoms with Crippen molar-refractivity contribution in [3.8, 4) is 17.4 Å². The number of likely N-dealkylation sites (tertiary alicyclic amines) is 1. The molecule has 0 bridgehead atoms. The number of methoxy groups -OCH3 is 1. The van der Waals surface area contributed by atoms with E-state index < -0.39 is 25.0 Å². The molecule has 0 amide bonds. The number of hydrogen-bond acceptors (Lipinski definition) is 8. The summed E-state index contributed by atoms with van der Waals surface area (Å²) in [5.74, 6) is -0.809. The molecule has 14 heteroatoms. The predicted octanol–water partition coefficient (Wildman–Crippen LogP) is 6.06. The number of rotatable bonds is 11. The molecule has 2 aromatic carbocycles. The first kappa shape index (κ1) is 31.0. The van der Waals surface area contributed by atoms with Crippen LogP contribution in [0.1, 0.15) is 46.2 Å². The highest BCUT2D eigenvalue weighted by atomic mass is 19.3. The lowest BCUT2D eigenvalue weighted by molar-refractivity contribution is -0.0503. The molecule has 2 aromatic heterocycles. The van der Waals surface area contributed by atoms with Crippen molar-refractivity contribution in [2.24, 2.45) is 7.05 Å². The van der Waals surface area contributed by atoms with E-state index >= 15 is 0 Å². The Hall–Kier alpha value is -4.46. The summed E-state index contributed by atoms with van der Waals surface area (Å²) in [6.45, 7) is -4.39. The molecule has 0 atom stereocenters. The Morgan fingerprint density at radius 2 is 1.75 bits per heavy atom. The molecule has 1 saturated heterocycles. The van der Waals surface area contributed by atoms with Crippen LogP contribution in [-0.2, 0) is 24.9 Å². The van der Waals surface area contributed by atoms with Crippen LogP contribution in [0.4, 0.5) is 22.0 Å². The number of imidazole rings is 1.